The Morgan fingerprint density at radius 3 is 2.53 bits per heavy atom. The van der Waals surface area contributed by atoms with Crippen molar-refractivity contribution in [3.8, 4) is 0 Å². The molecule has 0 aliphatic carbocycles. The van der Waals surface area contributed by atoms with Crippen molar-refractivity contribution in [3.05, 3.63) is 11.4 Å². The van der Waals surface area contributed by atoms with Gasteiger partial charge in [0.1, 0.15) is 17.5 Å². The molecule has 1 heterocycles. The summed E-state index contributed by atoms with van der Waals surface area (Å²) in [4.78, 5) is 9.15. The van der Waals surface area contributed by atoms with Crippen LogP contribution in [0.5, 0.6) is 0 Å². The topological polar surface area (TPSA) is 49.8 Å². The van der Waals surface area contributed by atoms with E-state index in [9.17, 15) is 0 Å². The van der Waals surface area contributed by atoms with E-state index in [0.29, 0.717) is 0 Å². The molecule has 1 rings (SSSR count). The van der Waals surface area contributed by atoms with E-state index < -0.39 is 0 Å². The lowest BCUT2D eigenvalue weighted by Gasteiger charge is -2.13. The molecule has 5 heteroatoms. The highest BCUT2D eigenvalue weighted by Gasteiger charge is 2.09. The zero-order chi connectivity index (χ0) is 14.1. The van der Waals surface area contributed by atoms with Gasteiger partial charge in [-0.2, -0.15) is 11.8 Å². The predicted octanol–water partition coefficient (Wildman–Crippen LogP) is 3.33. The first kappa shape index (κ1) is 16.1. The largest absolute Gasteiger partial charge is 0.373 e. The van der Waals surface area contributed by atoms with Crippen molar-refractivity contribution in [3.63, 3.8) is 0 Å². The first-order chi connectivity index (χ1) is 9.22. The molecule has 0 aliphatic rings. The minimum atomic E-state index is 0.920. The van der Waals surface area contributed by atoms with E-state index >= 15 is 0 Å². The fourth-order valence-electron chi connectivity index (χ4n) is 1.89. The van der Waals surface area contributed by atoms with Gasteiger partial charge in [-0.25, -0.2) is 9.97 Å². The van der Waals surface area contributed by atoms with Crippen LogP contribution in [0, 0.1) is 6.92 Å². The molecule has 0 saturated carbocycles. The van der Waals surface area contributed by atoms with E-state index in [0.717, 1.165) is 42.4 Å². The zero-order valence-electron chi connectivity index (χ0n) is 12.5. The Morgan fingerprint density at radius 1 is 1.16 bits per heavy atom. The monoisotopic (exact) mass is 282 g/mol. The summed E-state index contributed by atoms with van der Waals surface area (Å²) in [5.74, 6) is 4.06. The number of aryl methyl sites for hydroxylation is 1. The highest BCUT2D eigenvalue weighted by atomic mass is 32.2. The molecular formula is C14H26N4S. The van der Waals surface area contributed by atoms with Crippen molar-refractivity contribution in [1.29, 1.82) is 0 Å². The van der Waals surface area contributed by atoms with Crippen molar-refractivity contribution >= 4 is 23.4 Å². The summed E-state index contributed by atoms with van der Waals surface area (Å²) in [5.41, 5.74) is 1.10. The van der Waals surface area contributed by atoms with Crippen LogP contribution in [0.3, 0.4) is 0 Å². The molecule has 0 spiro atoms. The Labute approximate surface area is 121 Å². The third-order valence-electron chi connectivity index (χ3n) is 2.97. The molecular weight excluding hydrogens is 256 g/mol. The Bertz CT molecular complexity index is 382. The van der Waals surface area contributed by atoms with E-state index in [2.05, 4.69) is 40.7 Å². The van der Waals surface area contributed by atoms with E-state index in [1.807, 2.05) is 18.8 Å². The van der Waals surface area contributed by atoms with E-state index in [4.69, 9.17) is 0 Å². The van der Waals surface area contributed by atoms with E-state index in [1.54, 1.807) is 0 Å². The third kappa shape index (κ3) is 5.27. The van der Waals surface area contributed by atoms with Crippen molar-refractivity contribution in [2.75, 3.05) is 36.2 Å². The summed E-state index contributed by atoms with van der Waals surface area (Å²) in [7, 11) is 1.91. The van der Waals surface area contributed by atoms with Crippen molar-refractivity contribution in [2.45, 2.75) is 39.5 Å². The molecule has 108 valence electrons. The molecule has 0 aliphatic heterocycles. The number of thioether (sulfide) groups is 1. The highest BCUT2D eigenvalue weighted by Crippen LogP contribution is 2.20. The second-order valence-corrected chi connectivity index (χ2v) is 5.57. The minimum absolute atomic E-state index is 0.920. The smallest absolute Gasteiger partial charge is 0.134 e. The minimum Gasteiger partial charge on any atom is -0.373 e. The average molecular weight is 282 g/mol. The van der Waals surface area contributed by atoms with Crippen LogP contribution in [0.2, 0.25) is 0 Å². The van der Waals surface area contributed by atoms with Gasteiger partial charge in [0, 0.05) is 25.6 Å². The van der Waals surface area contributed by atoms with Gasteiger partial charge in [-0.1, -0.05) is 6.92 Å². The van der Waals surface area contributed by atoms with Gasteiger partial charge in [0.05, 0.1) is 0 Å². The molecule has 2 N–H and O–H groups in total. The van der Waals surface area contributed by atoms with Gasteiger partial charge in [-0.05, 0) is 38.2 Å². The first-order valence-corrected chi connectivity index (χ1v) is 8.40. The maximum absolute atomic E-state index is 4.62. The molecule has 1 aromatic rings. The van der Waals surface area contributed by atoms with Crippen LogP contribution >= 0.6 is 11.8 Å². The van der Waals surface area contributed by atoms with Gasteiger partial charge < -0.3 is 10.6 Å². The molecule has 19 heavy (non-hydrogen) atoms. The summed E-state index contributed by atoms with van der Waals surface area (Å²) in [6, 6.07) is 0. The van der Waals surface area contributed by atoms with Crippen LogP contribution in [-0.2, 0) is 6.42 Å². The Hall–Kier alpha value is -0.970. The Morgan fingerprint density at radius 2 is 1.89 bits per heavy atom. The molecule has 0 unspecified atom stereocenters. The average Bonchev–Trinajstić information content (AvgIpc) is 2.41. The lowest BCUT2D eigenvalue weighted by Crippen LogP contribution is -2.11. The normalized spacial score (nSPS) is 10.5. The van der Waals surface area contributed by atoms with Crippen LogP contribution in [0.1, 0.15) is 37.6 Å². The molecule has 4 nitrogen and oxygen atoms in total. The van der Waals surface area contributed by atoms with Gasteiger partial charge in [-0.15, -0.1) is 0 Å². The van der Waals surface area contributed by atoms with Crippen LogP contribution in [0.4, 0.5) is 11.6 Å². The van der Waals surface area contributed by atoms with Crippen LogP contribution in [-0.4, -0.2) is 35.6 Å². The number of hydrogen-bond donors (Lipinski definition) is 2. The van der Waals surface area contributed by atoms with Crippen molar-refractivity contribution in [1.82, 2.24) is 9.97 Å². The standard InChI is InChI=1S/C14H26N4S/c1-5-8-12-17-13(15-3)11(2)14(18-12)16-9-6-7-10-19-4/h5-10H2,1-4H3,(H2,15,16,17,18). The van der Waals surface area contributed by atoms with Crippen LogP contribution < -0.4 is 10.6 Å². The molecule has 0 radical (unpaired) electrons. The molecule has 0 bridgehead atoms. The van der Waals surface area contributed by atoms with Gasteiger partial charge in [0.2, 0.25) is 0 Å². The van der Waals surface area contributed by atoms with Crippen LogP contribution in [0.25, 0.3) is 0 Å². The van der Waals surface area contributed by atoms with E-state index in [1.165, 1.54) is 18.6 Å². The molecule has 1 aromatic heterocycles. The third-order valence-corrected chi connectivity index (χ3v) is 3.67. The summed E-state index contributed by atoms with van der Waals surface area (Å²) in [6.07, 6.45) is 6.58. The summed E-state index contributed by atoms with van der Waals surface area (Å²) < 4.78 is 0. The zero-order valence-corrected chi connectivity index (χ0v) is 13.4. The summed E-state index contributed by atoms with van der Waals surface area (Å²) in [5, 5.41) is 6.60. The maximum atomic E-state index is 4.62. The number of anilines is 2. The van der Waals surface area contributed by atoms with E-state index in [-0.39, 0.29) is 0 Å². The lowest BCUT2D eigenvalue weighted by atomic mass is 10.2. The first-order valence-electron chi connectivity index (χ1n) is 7.01. The molecule has 0 atom stereocenters. The second kappa shape index (κ2) is 9.02. The quantitative estimate of drug-likeness (QED) is 0.680. The number of unbranched alkanes of at least 4 members (excludes halogenated alkanes) is 1. The lowest BCUT2D eigenvalue weighted by molar-refractivity contribution is 0.815. The Balaban J connectivity index is 2.66. The van der Waals surface area contributed by atoms with Crippen molar-refractivity contribution in [2.24, 2.45) is 0 Å². The van der Waals surface area contributed by atoms with Gasteiger partial charge in [-0.3, -0.25) is 0 Å². The molecule has 0 saturated heterocycles. The molecule has 0 amide bonds. The Kier molecular flexibility index (Phi) is 7.63. The summed E-state index contributed by atoms with van der Waals surface area (Å²) in [6.45, 7) is 5.19. The predicted molar refractivity (Wildman–Crippen MR) is 86.4 cm³/mol. The number of aromatic nitrogens is 2. The molecule has 0 aromatic carbocycles. The fraction of sp³-hybridized carbons (Fsp3) is 0.714. The fourth-order valence-corrected chi connectivity index (χ4v) is 2.38. The number of rotatable bonds is 9. The SMILES string of the molecule is CCCc1nc(NC)c(C)c(NCCCCSC)n1. The maximum Gasteiger partial charge on any atom is 0.134 e. The number of hydrogen-bond acceptors (Lipinski definition) is 5. The van der Waals surface area contributed by atoms with Gasteiger partial charge >= 0.3 is 0 Å². The van der Waals surface area contributed by atoms with Crippen LogP contribution in [0.15, 0.2) is 0 Å². The number of nitrogens with zero attached hydrogens (tertiary/aromatic N) is 2. The summed E-state index contributed by atoms with van der Waals surface area (Å²) >= 11 is 1.90. The van der Waals surface area contributed by atoms with Gasteiger partial charge in [0.25, 0.3) is 0 Å². The second-order valence-electron chi connectivity index (χ2n) is 4.59. The highest BCUT2D eigenvalue weighted by molar-refractivity contribution is 7.98. The number of nitrogens with one attached hydrogen (secondary N) is 2. The van der Waals surface area contributed by atoms with Gasteiger partial charge in [0.15, 0.2) is 0 Å². The molecule has 0 fully saturated rings. The van der Waals surface area contributed by atoms with Crippen molar-refractivity contribution < 1.29 is 0 Å².